The first kappa shape index (κ1) is 20.0. The summed E-state index contributed by atoms with van der Waals surface area (Å²) in [4.78, 5) is 5.34. The number of thioether (sulfide) groups is 1. The van der Waals surface area contributed by atoms with E-state index in [2.05, 4.69) is 9.72 Å². The van der Waals surface area contributed by atoms with E-state index in [1.54, 1.807) is 30.1 Å². The summed E-state index contributed by atoms with van der Waals surface area (Å²) >= 11 is 1.65. The van der Waals surface area contributed by atoms with Crippen LogP contribution in [0.15, 0.2) is 59.6 Å². The Labute approximate surface area is 156 Å². The summed E-state index contributed by atoms with van der Waals surface area (Å²) in [6.45, 7) is 4.00. The van der Waals surface area contributed by atoms with E-state index in [4.69, 9.17) is 20.1 Å². The molecule has 3 aromatic rings. The zero-order valence-corrected chi connectivity index (χ0v) is 15.5. The minimum absolute atomic E-state index is 0.0592. The molecule has 0 fully saturated rings. The summed E-state index contributed by atoms with van der Waals surface area (Å²) in [5.74, 6) is 1.36. The van der Waals surface area contributed by atoms with Gasteiger partial charge in [0.05, 0.1) is 5.52 Å². The topological polar surface area (TPSA) is 92.0 Å². The monoisotopic (exact) mass is 375 g/mol. The molecule has 0 saturated heterocycles. The average Bonchev–Trinajstić information content (AvgIpc) is 2.63. The van der Waals surface area contributed by atoms with Gasteiger partial charge in [0.2, 0.25) is 0 Å². The van der Waals surface area contributed by atoms with E-state index in [0.717, 1.165) is 10.3 Å². The van der Waals surface area contributed by atoms with Gasteiger partial charge in [-0.3, -0.25) is 4.98 Å². The first-order valence-corrected chi connectivity index (χ1v) is 9.24. The highest BCUT2D eigenvalue weighted by Crippen LogP contribution is 2.31. The van der Waals surface area contributed by atoms with Crippen LogP contribution in [0.25, 0.3) is 10.9 Å². The fraction of sp³-hybridized carbons (Fsp3) is 0.211. The van der Waals surface area contributed by atoms with Gasteiger partial charge in [-0.25, -0.2) is 0 Å². The van der Waals surface area contributed by atoms with Crippen LogP contribution in [-0.2, 0) is 0 Å². The number of nitrogens with zero attached hydrogens (tertiary/aromatic N) is 1. The van der Waals surface area contributed by atoms with Gasteiger partial charge in [0, 0.05) is 22.5 Å². The minimum Gasteiger partial charge on any atom is -0.457 e. The van der Waals surface area contributed by atoms with Crippen LogP contribution in [0.3, 0.4) is 0 Å². The molecule has 2 aromatic carbocycles. The Balaban J connectivity index is 0.00000117. The quantitative estimate of drug-likeness (QED) is 0.462. The molecule has 1 heterocycles. The Morgan fingerprint density at radius 1 is 0.923 bits per heavy atom. The number of hydrogen-bond acceptors (Lipinski definition) is 7. The summed E-state index contributed by atoms with van der Waals surface area (Å²) in [7, 11) is 0. The van der Waals surface area contributed by atoms with E-state index in [9.17, 15) is 0 Å². The van der Waals surface area contributed by atoms with Gasteiger partial charge in [-0.2, -0.15) is 0 Å². The Kier molecular flexibility index (Phi) is 6.82. The minimum atomic E-state index is -3.24. The molecule has 0 atom stereocenters. The van der Waals surface area contributed by atoms with Crippen LogP contribution in [0.5, 0.6) is 17.2 Å². The molecular formula is C19H21NO5S. The smallest absolute Gasteiger partial charge is 0.453 e. The molecule has 3 N–H and O–H groups in total. The van der Waals surface area contributed by atoms with E-state index in [-0.39, 0.29) is 5.75 Å². The number of pyridine rings is 1. The van der Waals surface area contributed by atoms with Gasteiger partial charge >= 0.3 is 6.16 Å². The molecule has 0 aliphatic rings. The van der Waals surface area contributed by atoms with Gasteiger partial charge in [0.25, 0.3) is 0 Å². The maximum atomic E-state index is 8.88. The molecule has 0 saturated carbocycles. The zero-order valence-electron chi connectivity index (χ0n) is 14.7. The van der Waals surface area contributed by atoms with E-state index < -0.39 is 6.16 Å². The fourth-order valence-corrected chi connectivity index (χ4v) is 2.59. The van der Waals surface area contributed by atoms with Gasteiger partial charge in [-0.15, -0.1) is 11.8 Å². The lowest BCUT2D eigenvalue weighted by atomic mass is 10.2. The largest absolute Gasteiger partial charge is 0.457 e. The second kappa shape index (κ2) is 8.86. The summed E-state index contributed by atoms with van der Waals surface area (Å²) in [5.41, 5.74) is 0.523. The van der Waals surface area contributed by atoms with Gasteiger partial charge < -0.3 is 24.8 Å². The Morgan fingerprint density at radius 3 is 2.19 bits per heavy atom. The van der Waals surface area contributed by atoms with Crippen LogP contribution >= 0.6 is 11.8 Å². The Hall–Kier alpha value is -2.32. The number of benzene rings is 2. The standard InChI is InChI=1S/C17H15NO5S.C2H6/c1-24-13-5-2-11(3-6-13)22-16-8-9-18-15-10-12(4-7-14(15)16)23-17(19,20)21;1-2/h2-10,19-21H,1H3;1-2H3. The number of fused-ring (bicyclic) bond motifs is 1. The lowest BCUT2D eigenvalue weighted by Crippen LogP contribution is -2.34. The van der Waals surface area contributed by atoms with Crippen molar-refractivity contribution in [3.05, 3.63) is 54.7 Å². The van der Waals surface area contributed by atoms with Gasteiger partial charge in [0.15, 0.2) is 0 Å². The molecule has 0 radical (unpaired) electrons. The number of rotatable bonds is 5. The van der Waals surface area contributed by atoms with Crippen molar-refractivity contribution in [2.24, 2.45) is 0 Å². The highest BCUT2D eigenvalue weighted by atomic mass is 32.2. The number of aromatic nitrogens is 1. The van der Waals surface area contributed by atoms with Crippen LogP contribution in [-0.4, -0.2) is 32.7 Å². The summed E-state index contributed by atoms with van der Waals surface area (Å²) in [6, 6.07) is 14.0. The number of hydrogen-bond donors (Lipinski definition) is 3. The molecule has 0 bridgehead atoms. The van der Waals surface area contributed by atoms with Crippen molar-refractivity contribution in [1.82, 2.24) is 4.98 Å². The average molecular weight is 375 g/mol. The molecule has 1 aromatic heterocycles. The Bertz CT molecular complexity index is 847. The van der Waals surface area contributed by atoms with Crippen LogP contribution < -0.4 is 9.47 Å². The van der Waals surface area contributed by atoms with Crippen molar-refractivity contribution >= 4 is 22.7 Å². The van der Waals surface area contributed by atoms with Crippen molar-refractivity contribution in [1.29, 1.82) is 0 Å². The van der Waals surface area contributed by atoms with Crippen molar-refractivity contribution in [2.45, 2.75) is 24.9 Å². The predicted molar refractivity (Wildman–Crippen MR) is 101 cm³/mol. The van der Waals surface area contributed by atoms with Crippen molar-refractivity contribution < 1.29 is 24.8 Å². The molecule has 0 aliphatic heterocycles. The third kappa shape index (κ3) is 5.34. The molecule has 3 rings (SSSR count). The lowest BCUT2D eigenvalue weighted by Gasteiger charge is -2.16. The normalized spacial score (nSPS) is 10.8. The lowest BCUT2D eigenvalue weighted by molar-refractivity contribution is -0.419. The first-order valence-electron chi connectivity index (χ1n) is 8.01. The maximum absolute atomic E-state index is 8.88. The van der Waals surface area contributed by atoms with Gasteiger partial charge in [-0.1, -0.05) is 13.8 Å². The second-order valence-corrected chi connectivity index (χ2v) is 5.82. The number of ether oxygens (including phenoxy) is 2. The van der Waals surface area contributed by atoms with Crippen molar-refractivity contribution in [3.63, 3.8) is 0 Å². The predicted octanol–water partition coefficient (Wildman–Crippen LogP) is 3.74. The van der Waals surface area contributed by atoms with Crippen molar-refractivity contribution in [3.8, 4) is 17.2 Å². The molecule has 0 unspecified atom stereocenters. The third-order valence-electron chi connectivity index (χ3n) is 3.22. The fourth-order valence-electron chi connectivity index (χ4n) is 2.18. The van der Waals surface area contributed by atoms with Crippen LogP contribution in [0.1, 0.15) is 13.8 Å². The van der Waals surface area contributed by atoms with Crippen molar-refractivity contribution in [2.75, 3.05) is 6.26 Å². The second-order valence-electron chi connectivity index (χ2n) is 4.94. The first-order chi connectivity index (χ1) is 12.4. The summed E-state index contributed by atoms with van der Waals surface area (Å²) in [6.07, 6.45) is 0.342. The van der Waals surface area contributed by atoms with Crippen LogP contribution in [0, 0.1) is 0 Å². The highest BCUT2D eigenvalue weighted by Gasteiger charge is 2.21. The third-order valence-corrected chi connectivity index (χ3v) is 3.96. The zero-order chi connectivity index (χ0) is 19.2. The molecule has 6 nitrogen and oxygen atoms in total. The Morgan fingerprint density at radius 2 is 1.58 bits per heavy atom. The SMILES string of the molecule is CC.CSc1ccc(Oc2ccnc3cc(OC(O)(O)O)ccc23)cc1. The highest BCUT2D eigenvalue weighted by molar-refractivity contribution is 7.98. The molecule has 138 valence electrons. The summed E-state index contributed by atoms with van der Waals surface area (Å²) in [5, 5.41) is 27.4. The molecule has 7 heteroatoms. The van der Waals surface area contributed by atoms with E-state index in [0.29, 0.717) is 17.0 Å². The molecule has 0 spiro atoms. The maximum Gasteiger partial charge on any atom is 0.453 e. The molecule has 0 aliphatic carbocycles. The van der Waals surface area contributed by atoms with E-state index in [1.165, 1.54) is 12.1 Å². The molecular weight excluding hydrogens is 354 g/mol. The number of aliphatic hydroxyl groups is 3. The van der Waals surface area contributed by atoms with Crippen LogP contribution in [0.2, 0.25) is 0 Å². The van der Waals surface area contributed by atoms with Crippen LogP contribution in [0.4, 0.5) is 0 Å². The summed E-state index contributed by atoms with van der Waals surface area (Å²) < 4.78 is 10.5. The van der Waals surface area contributed by atoms with E-state index >= 15 is 0 Å². The van der Waals surface area contributed by atoms with Gasteiger partial charge in [-0.05, 0) is 48.7 Å². The van der Waals surface area contributed by atoms with E-state index in [1.807, 2.05) is 44.4 Å². The van der Waals surface area contributed by atoms with Gasteiger partial charge in [0.1, 0.15) is 17.2 Å². The molecule has 26 heavy (non-hydrogen) atoms. The molecule has 0 amide bonds.